The van der Waals surface area contributed by atoms with Gasteiger partial charge >= 0.3 is 0 Å². The molecule has 0 radical (unpaired) electrons. The molecule has 142 valence electrons. The first-order valence-electron chi connectivity index (χ1n) is 10.2. The number of hydrogen-bond donors (Lipinski definition) is 1. The molecule has 0 heterocycles. The van der Waals surface area contributed by atoms with E-state index in [0.717, 1.165) is 25.1 Å². The Kier molecular flexibility index (Phi) is 6.89. The van der Waals surface area contributed by atoms with E-state index in [-0.39, 0.29) is 0 Å². The van der Waals surface area contributed by atoms with Gasteiger partial charge in [0.05, 0.1) is 0 Å². The van der Waals surface area contributed by atoms with E-state index in [1.165, 1.54) is 40.3 Å². The molecule has 1 unspecified atom stereocenters. The molecule has 2 N–H and O–H groups in total. The van der Waals surface area contributed by atoms with Gasteiger partial charge in [0.25, 0.3) is 0 Å². The highest BCUT2D eigenvalue weighted by molar-refractivity contribution is 5.82. The quantitative estimate of drug-likeness (QED) is 0.628. The molecule has 0 bridgehead atoms. The van der Waals surface area contributed by atoms with Crippen molar-refractivity contribution in [3.63, 3.8) is 0 Å². The van der Waals surface area contributed by atoms with Crippen LogP contribution in [0.15, 0.2) is 60.7 Å². The Morgan fingerprint density at radius 2 is 1.70 bits per heavy atom. The van der Waals surface area contributed by atoms with Gasteiger partial charge in [-0.05, 0) is 77.4 Å². The summed E-state index contributed by atoms with van der Waals surface area (Å²) >= 11 is 0. The van der Waals surface area contributed by atoms with Crippen LogP contribution in [-0.4, -0.2) is 6.54 Å². The Labute approximate surface area is 163 Å². The molecule has 2 nitrogen and oxygen atoms in total. The van der Waals surface area contributed by atoms with E-state index < -0.39 is 0 Å². The number of nitrogens with two attached hydrogens (primary N) is 1. The number of ether oxygens (including phenoxy) is 1. The zero-order chi connectivity index (χ0) is 19.1. The van der Waals surface area contributed by atoms with Crippen LogP contribution in [-0.2, 0) is 19.4 Å². The molecule has 2 heteroatoms. The lowest BCUT2D eigenvalue weighted by molar-refractivity contribution is 0.305. The van der Waals surface area contributed by atoms with Gasteiger partial charge in [0.15, 0.2) is 0 Å². The molecule has 0 saturated carbocycles. The molecule has 0 saturated heterocycles. The van der Waals surface area contributed by atoms with Gasteiger partial charge in [-0.2, -0.15) is 0 Å². The lowest BCUT2D eigenvalue weighted by Gasteiger charge is -2.23. The van der Waals surface area contributed by atoms with E-state index in [4.69, 9.17) is 10.5 Å². The Balaban J connectivity index is 0.000000659. The van der Waals surface area contributed by atoms with Crippen LogP contribution in [0.3, 0.4) is 0 Å². The predicted octanol–water partition coefficient (Wildman–Crippen LogP) is 5.90. The van der Waals surface area contributed by atoms with E-state index in [2.05, 4.69) is 74.5 Å². The molecule has 0 fully saturated rings. The molecule has 1 aliphatic rings. The highest BCUT2D eigenvalue weighted by Gasteiger charge is 2.17. The maximum Gasteiger partial charge on any atom is 0.120 e. The third-order valence-corrected chi connectivity index (χ3v) is 5.06. The Morgan fingerprint density at radius 3 is 2.48 bits per heavy atom. The minimum Gasteiger partial charge on any atom is -0.489 e. The van der Waals surface area contributed by atoms with E-state index in [9.17, 15) is 0 Å². The smallest absolute Gasteiger partial charge is 0.120 e. The first kappa shape index (κ1) is 19.4. The molecule has 1 atom stereocenters. The number of benzene rings is 3. The van der Waals surface area contributed by atoms with Gasteiger partial charge in [0.2, 0.25) is 0 Å². The molecular formula is C25H31NO. The maximum atomic E-state index is 6.04. The first-order valence-corrected chi connectivity index (χ1v) is 10.2. The maximum absolute atomic E-state index is 6.04. The topological polar surface area (TPSA) is 35.2 Å². The molecule has 0 aromatic heterocycles. The van der Waals surface area contributed by atoms with E-state index >= 15 is 0 Å². The summed E-state index contributed by atoms with van der Waals surface area (Å²) in [5, 5.41) is 2.53. The normalized spacial score (nSPS) is 15.6. The van der Waals surface area contributed by atoms with Crippen molar-refractivity contribution in [2.24, 2.45) is 11.7 Å². The molecule has 0 aliphatic heterocycles. The van der Waals surface area contributed by atoms with E-state index in [1.54, 1.807) is 0 Å². The predicted molar refractivity (Wildman–Crippen MR) is 115 cm³/mol. The second-order valence-corrected chi connectivity index (χ2v) is 7.45. The largest absolute Gasteiger partial charge is 0.489 e. The molecular weight excluding hydrogens is 330 g/mol. The fraction of sp³-hybridized carbons (Fsp3) is 0.360. The average molecular weight is 362 g/mol. The summed E-state index contributed by atoms with van der Waals surface area (Å²) < 4.78 is 6.04. The lowest BCUT2D eigenvalue weighted by atomic mass is 9.84. The van der Waals surface area contributed by atoms with Gasteiger partial charge < -0.3 is 10.5 Å². The van der Waals surface area contributed by atoms with Crippen LogP contribution in [0.25, 0.3) is 10.8 Å². The summed E-state index contributed by atoms with van der Waals surface area (Å²) in [4.78, 5) is 0. The average Bonchev–Trinajstić information content (AvgIpc) is 2.72. The van der Waals surface area contributed by atoms with Gasteiger partial charge in [-0.3, -0.25) is 0 Å². The Hall–Kier alpha value is -2.32. The van der Waals surface area contributed by atoms with Gasteiger partial charge in [-0.15, -0.1) is 0 Å². The van der Waals surface area contributed by atoms with Gasteiger partial charge in [-0.1, -0.05) is 62.7 Å². The third kappa shape index (κ3) is 5.11. The molecule has 3 aromatic rings. The molecule has 1 aliphatic carbocycles. The van der Waals surface area contributed by atoms with Crippen molar-refractivity contribution in [2.45, 2.75) is 46.1 Å². The third-order valence-electron chi connectivity index (χ3n) is 5.06. The molecule has 0 spiro atoms. The van der Waals surface area contributed by atoms with Crippen LogP contribution in [0.4, 0.5) is 0 Å². The van der Waals surface area contributed by atoms with Crippen molar-refractivity contribution in [2.75, 3.05) is 6.54 Å². The number of hydrogen-bond acceptors (Lipinski definition) is 2. The highest BCUT2D eigenvalue weighted by Crippen LogP contribution is 2.28. The molecule has 3 aromatic carbocycles. The standard InChI is InChI=1S/C22H23NO.C3H8/c23-14-16-5-8-21-13-22(10-9-20(21)11-16)24-15-17-6-7-18-3-1-2-4-19(18)12-17;1-3-2/h1-4,6-7,9-10,12-13,16H,5,8,11,14-15,23H2;3H2,1-2H3. The zero-order valence-corrected chi connectivity index (χ0v) is 16.6. The summed E-state index contributed by atoms with van der Waals surface area (Å²) in [5.41, 5.74) is 9.89. The second-order valence-electron chi connectivity index (χ2n) is 7.45. The van der Waals surface area contributed by atoms with Crippen LogP contribution in [0.1, 0.15) is 43.4 Å². The summed E-state index contributed by atoms with van der Waals surface area (Å²) in [5.74, 6) is 1.61. The number of rotatable bonds is 4. The summed E-state index contributed by atoms with van der Waals surface area (Å²) in [6, 6.07) is 21.5. The Bertz CT molecular complexity index is 871. The Morgan fingerprint density at radius 1 is 0.926 bits per heavy atom. The minimum absolute atomic E-state index is 0.606. The van der Waals surface area contributed by atoms with Crippen LogP contribution < -0.4 is 10.5 Å². The van der Waals surface area contributed by atoms with Crippen molar-refractivity contribution in [3.05, 3.63) is 77.4 Å². The molecule has 4 rings (SSSR count). The van der Waals surface area contributed by atoms with E-state index in [0.29, 0.717) is 12.5 Å². The van der Waals surface area contributed by atoms with E-state index in [1.807, 2.05) is 0 Å². The van der Waals surface area contributed by atoms with Crippen LogP contribution in [0.5, 0.6) is 5.75 Å². The number of fused-ring (bicyclic) bond motifs is 2. The minimum atomic E-state index is 0.606. The van der Waals surface area contributed by atoms with Crippen LogP contribution >= 0.6 is 0 Å². The van der Waals surface area contributed by atoms with Crippen molar-refractivity contribution in [1.29, 1.82) is 0 Å². The van der Waals surface area contributed by atoms with Gasteiger partial charge in [0, 0.05) is 0 Å². The van der Waals surface area contributed by atoms with Gasteiger partial charge in [0.1, 0.15) is 12.4 Å². The van der Waals surface area contributed by atoms with Gasteiger partial charge in [-0.25, -0.2) is 0 Å². The summed E-state index contributed by atoms with van der Waals surface area (Å²) in [6.07, 6.45) is 4.67. The van der Waals surface area contributed by atoms with Crippen molar-refractivity contribution in [1.82, 2.24) is 0 Å². The SMILES string of the molecule is CCC.NCC1CCc2cc(OCc3ccc4ccccc4c3)ccc2C1. The monoisotopic (exact) mass is 361 g/mol. The van der Waals surface area contributed by atoms with Crippen LogP contribution in [0, 0.1) is 5.92 Å². The molecule has 27 heavy (non-hydrogen) atoms. The van der Waals surface area contributed by atoms with Crippen molar-refractivity contribution >= 4 is 10.8 Å². The fourth-order valence-corrected chi connectivity index (χ4v) is 3.59. The fourth-order valence-electron chi connectivity index (χ4n) is 3.59. The summed E-state index contributed by atoms with van der Waals surface area (Å²) in [6.45, 7) is 5.65. The highest BCUT2D eigenvalue weighted by atomic mass is 16.5. The number of aryl methyl sites for hydroxylation is 1. The van der Waals surface area contributed by atoms with Crippen molar-refractivity contribution < 1.29 is 4.74 Å². The second kappa shape index (κ2) is 9.57. The summed E-state index contributed by atoms with van der Waals surface area (Å²) in [7, 11) is 0. The van der Waals surface area contributed by atoms with Crippen molar-refractivity contribution in [3.8, 4) is 5.75 Å². The molecule has 0 amide bonds. The zero-order valence-electron chi connectivity index (χ0n) is 16.6. The van der Waals surface area contributed by atoms with Crippen LogP contribution in [0.2, 0.25) is 0 Å². The first-order chi connectivity index (χ1) is 13.2. The lowest BCUT2D eigenvalue weighted by Crippen LogP contribution is -2.22.